The molecule has 0 radical (unpaired) electrons. The van der Waals surface area contributed by atoms with E-state index < -0.39 is 113 Å². The molecule has 4 aliphatic rings. The first-order chi connectivity index (χ1) is 27.3. The normalized spacial score (nSPS) is 23.6. The molecule has 58 heavy (non-hydrogen) atoms. The molecule has 7 rings (SSSR count). The van der Waals surface area contributed by atoms with E-state index in [0.29, 0.717) is 26.5 Å². The fourth-order valence-corrected chi connectivity index (χ4v) is 9.26. The third-order valence-electron chi connectivity index (χ3n) is 11.5. The number of aromatic hydroxyl groups is 1. The van der Waals surface area contributed by atoms with Gasteiger partial charge in [-0.2, -0.15) is 0 Å². The number of nitrogens with zero attached hydrogens (tertiary/aromatic N) is 8. The Morgan fingerprint density at radius 2 is 1.05 bits per heavy atom. The largest absolute Gasteiger partial charge is 0.508 e. The number of nitro groups is 4. The second-order valence-corrected chi connectivity index (χ2v) is 15.1. The minimum atomic E-state index is -1.21. The van der Waals surface area contributed by atoms with Gasteiger partial charge in [0.1, 0.15) is 5.75 Å². The van der Waals surface area contributed by atoms with Crippen LogP contribution in [0.1, 0.15) is 29.9 Å². The van der Waals surface area contributed by atoms with Crippen molar-refractivity contribution < 1.29 is 44.0 Å². The summed E-state index contributed by atoms with van der Waals surface area (Å²) in [6.45, 7) is 1.61. The molecule has 300 valence electrons. The van der Waals surface area contributed by atoms with Crippen molar-refractivity contribution in [3.05, 3.63) is 106 Å². The summed E-state index contributed by atoms with van der Waals surface area (Å²) >= 11 is 0. The Morgan fingerprint density at radius 1 is 0.621 bits per heavy atom. The highest BCUT2D eigenvalue weighted by molar-refractivity contribution is 6.24. The maximum atomic E-state index is 14.6. The van der Waals surface area contributed by atoms with Crippen molar-refractivity contribution in [1.82, 2.24) is 0 Å². The van der Waals surface area contributed by atoms with Gasteiger partial charge in [-0.15, -0.1) is 0 Å². The maximum absolute atomic E-state index is 14.6. The minimum Gasteiger partial charge on any atom is -0.508 e. The van der Waals surface area contributed by atoms with Crippen LogP contribution in [0.15, 0.2) is 54.1 Å². The van der Waals surface area contributed by atoms with Gasteiger partial charge < -0.3 is 14.9 Å². The first kappa shape index (κ1) is 38.9. The number of rotatable bonds is 9. The van der Waals surface area contributed by atoms with Crippen LogP contribution in [0.3, 0.4) is 0 Å². The van der Waals surface area contributed by atoms with E-state index in [2.05, 4.69) is 0 Å². The van der Waals surface area contributed by atoms with E-state index in [1.54, 1.807) is 25.1 Å². The summed E-state index contributed by atoms with van der Waals surface area (Å²) in [6, 6.07) is 8.19. The summed E-state index contributed by atoms with van der Waals surface area (Å²) in [4.78, 5) is 107. The lowest BCUT2D eigenvalue weighted by atomic mass is 9.57. The first-order valence-electron chi connectivity index (χ1n) is 17.8. The standard InChI is InChI=1S/C37H34N8O13/c1-16-10-17(6-9-28(16)46)29-20-7-8-21-30(36(49)40(34(21)47)18-11-24(42(51)52)32(38(2)3)25(12-18)43(53)54)22(20)15-23-31(29)37(50)41(35(23)48)19-13-26(44(55)56)33(39(4)5)27(14-19)45(57)58/h6-7,9-14,21-23,29-31,46H,8,15H2,1-5H3/t21-,22+,23+,29-,30-,31+/m0/s1. The minimum absolute atomic E-state index is 0.0429. The summed E-state index contributed by atoms with van der Waals surface area (Å²) in [5.41, 5.74) is -3.05. The number of amides is 4. The van der Waals surface area contributed by atoms with Crippen molar-refractivity contribution in [3.8, 4) is 5.75 Å². The van der Waals surface area contributed by atoms with E-state index in [0.717, 1.165) is 24.3 Å². The number of benzene rings is 3. The molecule has 0 unspecified atom stereocenters. The van der Waals surface area contributed by atoms with Crippen LogP contribution >= 0.6 is 0 Å². The van der Waals surface area contributed by atoms with Crippen LogP contribution in [0.2, 0.25) is 0 Å². The van der Waals surface area contributed by atoms with Crippen LogP contribution in [0.5, 0.6) is 5.75 Å². The molecule has 21 nitrogen and oxygen atoms in total. The smallest absolute Gasteiger partial charge is 0.301 e. The molecule has 21 heteroatoms. The summed E-state index contributed by atoms with van der Waals surface area (Å²) in [7, 11) is 5.45. The molecular formula is C37H34N8O13. The van der Waals surface area contributed by atoms with Crippen molar-refractivity contribution >= 4 is 69.1 Å². The molecule has 3 aromatic carbocycles. The van der Waals surface area contributed by atoms with Gasteiger partial charge in [0, 0.05) is 58.4 Å². The van der Waals surface area contributed by atoms with Gasteiger partial charge in [0.25, 0.3) is 0 Å². The fraction of sp³-hybridized carbons (Fsp3) is 0.351. The van der Waals surface area contributed by atoms with E-state index in [1.165, 1.54) is 44.1 Å². The average Bonchev–Trinajstić information content (AvgIpc) is 3.56. The molecule has 2 heterocycles. The Labute approximate surface area is 327 Å². The number of fused-ring (bicyclic) bond motifs is 4. The number of phenolic OH excluding ortho intramolecular Hbond substituents is 1. The molecule has 0 aromatic heterocycles. The monoisotopic (exact) mass is 798 g/mol. The SMILES string of the molecule is Cc1cc([C@H]2C3=CC[C@@H]4C(=O)N(c5cc([N+](=O)[O-])c(N(C)C)c([N+](=O)[O-])c5)C(=O)[C@@H]4[C@@H]3C[C@H]3C(=O)N(c4cc([N+](=O)[O-])c(N(C)C)c([N+](=O)[O-])c4)C(=O)[C@@H]23)ccc1O. The molecule has 1 saturated carbocycles. The quantitative estimate of drug-likeness (QED) is 0.135. The lowest BCUT2D eigenvalue weighted by molar-refractivity contribution is -0.392. The fourth-order valence-electron chi connectivity index (χ4n) is 9.26. The number of aryl methyl sites for hydroxylation is 1. The number of imide groups is 2. The number of hydrogen-bond donors (Lipinski definition) is 1. The van der Waals surface area contributed by atoms with Crippen molar-refractivity contribution in [2.75, 3.05) is 47.8 Å². The Morgan fingerprint density at radius 3 is 1.47 bits per heavy atom. The topological polar surface area (TPSA) is 274 Å². The number of phenols is 1. The molecule has 3 aromatic rings. The van der Waals surface area contributed by atoms with E-state index in [9.17, 15) is 64.7 Å². The molecule has 6 atom stereocenters. The molecule has 2 saturated heterocycles. The summed E-state index contributed by atoms with van der Waals surface area (Å²) in [5, 5.41) is 59.1. The van der Waals surface area contributed by atoms with Crippen LogP contribution in [0.4, 0.5) is 45.5 Å². The molecule has 4 amide bonds. The summed E-state index contributed by atoms with van der Waals surface area (Å²) < 4.78 is 0. The molecule has 3 fully saturated rings. The number of hydrogen-bond acceptors (Lipinski definition) is 15. The Balaban J connectivity index is 1.36. The highest BCUT2D eigenvalue weighted by Gasteiger charge is 2.62. The Kier molecular flexibility index (Phi) is 9.20. The number of allylic oxidation sites excluding steroid dienone is 2. The van der Waals surface area contributed by atoms with Gasteiger partial charge in [-0.3, -0.25) is 59.6 Å². The van der Waals surface area contributed by atoms with Crippen LogP contribution in [0, 0.1) is 77.0 Å². The summed E-state index contributed by atoms with van der Waals surface area (Å²) in [5.74, 6) is -9.83. The number of nitro benzene ring substituents is 4. The lowest BCUT2D eigenvalue weighted by Gasteiger charge is -2.44. The van der Waals surface area contributed by atoms with Gasteiger partial charge in [0.15, 0.2) is 11.4 Å². The molecular weight excluding hydrogens is 764 g/mol. The zero-order valence-electron chi connectivity index (χ0n) is 31.4. The van der Waals surface area contributed by atoms with E-state index in [4.69, 9.17) is 0 Å². The number of carbonyl (C=O) groups excluding carboxylic acids is 4. The number of anilines is 4. The van der Waals surface area contributed by atoms with E-state index in [1.807, 2.05) is 0 Å². The summed E-state index contributed by atoms with van der Waals surface area (Å²) in [6.07, 6.45) is 1.48. The lowest BCUT2D eigenvalue weighted by Crippen LogP contribution is -2.43. The van der Waals surface area contributed by atoms with E-state index in [-0.39, 0.29) is 30.0 Å². The van der Waals surface area contributed by atoms with Crippen LogP contribution in [-0.4, -0.2) is 76.6 Å². The molecule has 2 aliphatic heterocycles. The van der Waals surface area contributed by atoms with Gasteiger partial charge in [-0.25, -0.2) is 9.80 Å². The molecule has 1 N–H and O–H groups in total. The van der Waals surface area contributed by atoms with Crippen LogP contribution < -0.4 is 19.6 Å². The third kappa shape index (κ3) is 5.75. The zero-order valence-corrected chi connectivity index (χ0v) is 31.4. The number of carbonyl (C=O) groups is 4. The molecule has 0 bridgehead atoms. The Bertz CT molecular complexity index is 2390. The van der Waals surface area contributed by atoms with Crippen LogP contribution in [0.25, 0.3) is 0 Å². The first-order valence-corrected chi connectivity index (χ1v) is 17.8. The van der Waals surface area contributed by atoms with Crippen molar-refractivity contribution in [3.63, 3.8) is 0 Å². The van der Waals surface area contributed by atoms with Crippen LogP contribution in [-0.2, 0) is 19.2 Å². The highest BCUT2D eigenvalue weighted by atomic mass is 16.6. The van der Waals surface area contributed by atoms with Crippen molar-refractivity contribution in [1.29, 1.82) is 0 Å². The molecule has 2 aliphatic carbocycles. The van der Waals surface area contributed by atoms with E-state index >= 15 is 0 Å². The second kappa shape index (κ2) is 13.7. The van der Waals surface area contributed by atoms with Crippen molar-refractivity contribution in [2.24, 2.45) is 29.6 Å². The average molecular weight is 799 g/mol. The van der Waals surface area contributed by atoms with Gasteiger partial charge in [0.2, 0.25) is 23.6 Å². The third-order valence-corrected chi connectivity index (χ3v) is 11.5. The Hall–Kier alpha value is -7.32. The predicted octanol–water partition coefficient (Wildman–Crippen LogP) is 4.51. The maximum Gasteiger partial charge on any atom is 0.301 e. The van der Waals surface area contributed by atoms with Gasteiger partial charge >= 0.3 is 22.7 Å². The van der Waals surface area contributed by atoms with Crippen molar-refractivity contribution in [2.45, 2.75) is 25.7 Å². The van der Waals surface area contributed by atoms with Gasteiger partial charge in [-0.05, 0) is 42.9 Å². The van der Waals surface area contributed by atoms with Gasteiger partial charge in [-0.1, -0.05) is 23.8 Å². The highest BCUT2D eigenvalue weighted by Crippen LogP contribution is 2.59. The second-order valence-electron chi connectivity index (χ2n) is 15.1. The zero-order chi connectivity index (χ0) is 42.4. The predicted molar refractivity (Wildman–Crippen MR) is 203 cm³/mol. The van der Waals surface area contributed by atoms with Gasteiger partial charge in [0.05, 0.1) is 54.7 Å². The molecule has 0 spiro atoms.